The third-order valence-electron chi connectivity index (χ3n) is 2.30. The van der Waals surface area contributed by atoms with E-state index in [0.717, 1.165) is 0 Å². The molecule has 0 fully saturated rings. The molecule has 4 nitrogen and oxygen atoms in total. The van der Waals surface area contributed by atoms with Gasteiger partial charge in [0.15, 0.2) is 5.78 Å². The highest BCUT2D eigenvalue weighted by molar-refractivity contribution is 6.06. The Morgan fingerprint density at radius 3 is 2.86 bits per heavy atom. The molecule has 1 rings (SSSR count). The number of nitrogens with two attached hydrogens (primary N) is 1. The van der Waals surface area contributed by atoms with E-state index in [1.165, 1.54) is 6.08 Å². The van der Waals surface area contributed by atoms with Gasteiger partial charge in [-0.3, -0.25) is 9.59 Å². The first-order valence-corrected chi connectivity index (χ1v) is 4.72. The van der Waals surface area contributed by atoms with Crippen molar-refractivity contribution in [1.29, 1.82) is 0 Å². The van der Waals surface area contributed by atoms with Crippen LogP contribution in [-0.2, 0) is 14.3 Å². The molecule has 4 heteroatoms. The van der Waals surface area contributed by atoms with E-state index in [2.05, 4.69) is 0 Å². The lowest BCUT2D eigenvalue weighted by Crippen LogP contribution is -2.35. The Kier molecular flexibility index (Phi) is 3.28. The Morgan fingerprint density at radius 1 is 1.71 bits per heavy atom. The minimum absolute atomic E-state index is 0.0634. The molecular formula is C10H15NO3. The molecule has 0 radical (unpaired) electrons. The molecular weight excluding hydrogens is 182 g/mol. The zero-order valence-electron chi connectivity index (χ0n) is 8.45. The summed E-state index contributed by atoms with van der Waals surface area (Å²) in [5.74, 6) is -1.40. The summed E-state index contributed by atoms with van der Waals surface area (Å²) in [5.41, 5.74) is 6.08. The maximum absolute atomic E-state index is 11.5. The number of ether oxygens (including phenoxy) is 1. The Hall–Kier alpha value is -1.32. The Labute approximate surface area is 83.1 Å². The van der Waals surface area contributed by atoms with E-state index >= 15 is 0 Å². The maximum atomic E-state index is 11.5. The second-order valence-electron chi connectivity index (χ2n) is 3.53. The van der Waals surface area contributed by atoms with E-state index in [1.807, 2.05) is 6.92 Å². The highest BCUT2D eigenvalue weighted by Crippen LogP contribution is 2.25. The SMILES string of the molecule is CCOC(=O)C1C(=O)C=C(N)CC1C. The fraction of sp³-hybridized carbons (Fsp3) is 0.600. The van der Waals surface area contributed by atoms with Gasteiger partial charge in [0, 0.05) is 11.8 Å². The first-order chi connectivity index (χ1) is 6.56. The largest absolute Gasteiger partial charge is 0.465 e. The summed E-state index contributed by atoms with van der Waals surface area (Å²) in [4.78, 5) is 22.9. The van der Waals surface area contributed by atoms with Gasteiger partial charge < -0.3 is 10.5 Å². The summed E-state index contributed by atoms with van der Waals surface area (Å²) in [5, 5.41) is 0. The molecule has 0 aromatic heterocycles. The van der Waals surface area contributed by atoms with Crippen LogP contribution in [-0.4, -0.2) is 18.4 Å². The third-order valence-corrected chi connectivity index (χ3v) is 2.30. The van der Waals surface area contributed by atoms with Gasteiger partial charge in [-0.25, -0.2) is 0 Å². The lowest BCUT2D eigenvalue weighted by atomic mass is 9.82. The van der Waals surface area contributed by atoms with Gasteiger partial charge in [0.1, 0.15) is 5.92 Å². The van der Waals surface area contributed by atoms with Crippen LogP contribution < -0.4 is 5.73 Å². The van der Waals surface area contributed by atoms with Crippen LogP contribution in [0.15, 0.2) is 11.8 Å². The maximum Gasteiger partial charge on any atom is 0.317 e. The van der Waals surface area contributed by atoms with Crippen LogP contribution in [0.1, 0.15) is 20.3 Å². The summed E-state index contributed by atoms with van der Waals surface area (Å²) < 4.78 is 4.83. The van der Waals surface area contributed by atoms with E-state index in [0.29, 0.717) is 18.7 Å². The standard InChI is InChI=1S/C10H15NO3/c1-3-14-10(13)9-6(2)4-7(11)5-8(9)12/h5-6,9H,3-4,11H2,1-2H3. The van der Waals surface area contributed by atoms with Crippen LogP contribution >= 0.6 is 0 Å². The molecule has 1 aliphatic rings. The predicted molar refractivity (Wildman–Crippen MR) is 51.2 cm³/mol. The zero-order valence-corrected chi connectivity index (χ0v) is 8.45. The average molecular weight is 197 g/mol. The summed E-state index contributed by atoms with van der Waals surface area (Å²) >= 11 is 0. The average Bonchev–Trinajstić information content (AvgIpc) is 2.01. The molecule has 0 amide bonds. The van der Waals surface area contributed by atoms with Crippen LogP contribution in [0.25, 0.3) is 0 Å². The minimum atomic E-state index is -0.665. The molecule has 14 heavy (non-hydrogen) atoms. The van der Waals surface area contributed by atoms with Gasteiger partial charge in [0.25, 0.3) is 0 Å². The van der Waals surface area contributed by atoms with Crippen LogP contribution in [0.5, 0.6) is 0 Å². The summed E-state index contributed by atoms with van der Waals surface area (Å²) in [7, 11) is 0. The fourth-order valence-corrected chi connectivity index (χ4v) is 1.68. The highest BCUT2D eigenvalue weighted by atomic mass is 16.5. The molecule has 0 spiro atoms. The number of carbonyl (C=O) groups excluding carboxylic acids is 2. The highest BCUT2D eigenvalue weighted by Gasteiger charge is 2.35. The van der Waals surface area contributed by atoms with Crippen molar-refractivity contribution >= 4 is 11.8 Å². The second kappa shape index (κ2) is 4.26. The molecule has 2 N–H and O–H groups in total. The molecule has 2 unspecified atom stereocenters. The number of esters is 1. The van der Waals surface area contributed by atoms with Gasteiger partial charge in [-0.2, -0.15) is 0 Å². The molecule has 0 aliphatic heterocycles. The van der Waals surface area contributed by atoms with E-state index in [9.17, 15) is 9.59 Å². The molecule has 0 saturated heterocycles. The third kappa shape index (κ3) is 2.13. The van der Waals surface area contributed by atoms with Gasteiger partial charge >= 0.3 is 5.97 Å². The monoisotopic (exact) mass is 197 g/mol. The fourth-order valence-electron chi connectivity index (χ4n) is 1.68. The van der Waals surface area contributed by atoms with Gasteiger partial charge in [-0.1, -0.05) is 6.92 Å². The topological polar surface area (TPSA) is 69.4 Å². The van der Waals surface area contributed by atoms with Crippen LogP contribution in [0.4, 0.5) is 0 Å². The number of allylic oxidation sites excluding steroid dienone is 2. The quantitative estimate of drug-likeness (QED) is 0.520. The second-order valence-corrected chi connectivity index (χ2v) is 3.53. The van der Waals surface area contributed by atoms with E-state index < -0.39 is 11.9 Å². The van der Waals surface area contributed by atoms with Crippen molar-refractivity contribution in [3.63, 3.8) is 0 Å². The van der Waals surface area contributed by atoms with Crippen molar-refractivity contribution in [1.82, 2.24) is 0 Å². The van der Waals surface area contributed by atoms with Crippen LogP contribution in [0.2, 0.25) is 0 Å². The molecule has 0 heterocycles. The van der Waals surface area contributed by atoms with Crippen LogP contribution in [0.3, 0.4) is 0 Å². The molecule has 1 aliphatic carbocycles. The molecule has 78 valence electrons. The number of ketones is 1. The summed E-state index contributed by atoms with van der Waals surface area (Å²) in [6.07, 6.45) is 1.91. The Balaban J connectivity index is 2.78. The number of hydrogen-bond donors (Lipinski definition) is 1. The van der Waals surface area contributed by atoms with E-state index in [-0.39, 0.29) is 11.7 Å². The van der Waals surface area contributed by atoms with Crippen molar-refractivity contribution in [2.45, 2.75) is 20.3 Å². The predicted octanol–water partition coefficient (Wildman–Crippen LogP) is 0.617. The normalized spacial score (nSPS) is 27.0. The molecule has 0 aromatic carbocycles. The molecule has 2 atom stereocenters. The van der Waals surface area contributed by atoms with Crippen LogP contribution in [0, 0.1) is 11.8 Å². The number of rotatable bonds is 2. The smallest absolute Gasteiger partial charge is 0.317 e. The Bertz CT molecular complexity index is 283. The van der Waals surface area contributed by atoms with Crippen molar-refractivity contribution in [2.75, 3.05) is 6.61 Å². The van der Waals surface area contributed by atoms with Gasteiger partial charge in [-0.15, -0.1) is 0 Å². The lowest BCUT2D eigenvalue weighted by molar-refractivity contribution is -0.152. The number of hydrogen-bond acceptors (Lipinski definition) is 4. The van der Waals surface area contributed by atoms with Gasteiger partial charge in [-0.05, 0) is 19.3 Å². The first kappa shape index (κ1) is 10.8. The number of carbonyl (C=O) groups is 2. The van der Waals surface area contributed by atoms with Crippen molar-refractivity contribution < 1.29 is 14.3 Å². The van der Waals surface area contributed by atoms with Crippen molar-refractivity contribution in [3.05, 3.63) is 11.8 Å². The zero-order chi connectivity index (χ0) is 10.7. The van der Waals surface area contributed by atoms with Gasteiger partial charge in [0.2, 0.25) is 0 Å². The Morgan fingerprint density at radius 2 is 2.36 bits per heavy atom. The van der Waals surface area contributed by atoms with Crippen molar-refractivity contribution in [2.24, 2.45) is 17.6 Å². The summed E-state index contributed by atoms with van der Waals surface area (Å²) in [6, 6.07) is 0. The van der Waals surface area contributed by atoms with Crippen molar-refractivity contribution in [3.8, 4) is 0 Å². The molecule has 0 aromatic rings. The molecule has 0 bridgehead atoms. The summed E-state index contributed by atoms with van der Waals surface area (Å²) in [6.45, 7) is 3.86. The lowest BCUT2D eigenvalue weighted by Gasteiger charge is -2.24. The minimum Gasteiger partial charge on any atom is -0.465 e. The van der Waals surface area contributed by atoms with Gasteiger partial charge in [0.05, 0.1) is 6.61 Å². The van der Waals surface area contributed by atoms with E-state index in [1.54, 1.807) is 6.92 Å². The first-order valence-electron chi connectivity index (χ1n) is 4.72. The molecule has 0 saturated carbocycles. The van der Waals surface area contributed by atoms with E-state index in [4.69, 9.17) is 10.5 Å².